The largest absolute Gasteiger partial charge is 0.379 e. The van der Waals surface area contributed by atoms with E-state index in [4.69, 9.17) is 4.74 Å². The number of hydrogen-bond acceptors (Lipinski definition) is 5. The number of anilines is 1. The lowest BCUT2D eigenvalue weighted by molar-refractivity contribution is -0.114. The first-order chi connectivity index (χ1) is 11.8. The molecule has 0 atom stereocenters. The van der Waals surface area contributed by atoms with Crippen molar-refractivity contribution in [1.29, 1.82) is 0 Å². The van der Waals surface area contributed by atoms with Crippen molar-refractivity contribution in [3.63, 3.8) is 0 Å². The van der Waals surface area contributed by atoms with E-state index in [0.717, 1.165) is 55.0 Å². The molecule has 6 heteroatoms. The molecule has 124 valence electrons. The smallest absolute Gasteiger partial charge is 0.287 e. The van der Waals surface area contributed by atoms with Crippen LogP contribution in [0.2, 0.25) is 0 Å². The number of aliphatic imine (C=N–C) groups is 1. The highest BCUT2D eigenvalue weighted by Crippen LogP contribution is 2.35. The van der Waals surface area contributed by atoms with E-state index in [2.05, 4.69) is 20.5 Å². The first-order valence-electron chi connectivity index (χ1n) is 8.27. The van der Waals surface area contributed by atoms with Crippen molar-refractivity contribution in [1.82, 2.24) is 10.2 Å². The molecule has 6 nitrogen and oxygen atoms in total. The number of hydrogen-bond donors (Lipinski definition) is 2. The van der Waals surface area contributed by atoms with E-state index < -0.39 is 0 Å². The number of amidine groups is 1. The number of benzene rings is 2. The van der Waals surface area contributed by atoms with Crippen LogP contribution in [0.15, 0.2) is 41.4 Å². The van der Waals surface area contributed by atoms with Gasteiger partial charge in [-0.3, -0.25) is 9.69 Å². The summed E-state index contributed by atoms with van der Waals surface area (Å²) >= 11 is 0. The highest BCUT2D eigenvalue weighted by Gasteiger charge is 2.19. The first-order valence-corrected chi connectivity index (χ1v) is 8.27. The molecule has 0 bridgehead atoms. The van der Waals surface area contributed by atoms with Crippen molar-refractivity contribution < 1.29 is 9.53 Å². The van der Waals surface area contributed by atoms with Crippen LogP contribution in [0.25, 0.3) is 10.8 Å². The average molecular weight is 324 g/mol. The summed E-state index contributed by atoms with van der Waals surface area (Å²) < 4.78 is 5.33. The first kappa shape index (κ1) is 15.1. The molecular formula is C18H20N4O2. The van der Waals surface area contributed by atoms with Gasteiger partial charge >= 0.3 is 0 Å². The summed E-state index contributed by atoms with van der Waals surface area (Å²) in [7, 11) is 0. The predicted molar refractivity (Wildman–Crippen MR) is 94.9 cm³/mol. The monoisotopic (exact) mass is 324 g/mol. The number of rotatable bonds is 4. The highest BCUT2D eigenvalue weighted by molar-refractivity contribution is 6.44. The number of morpholine rings is 1. The van der Waals surface area contributed by atoms with Crippen molar-refractivity contribution in [2.75, 3.05) is 44.7 Å². The summed E-state index contributed by atoms with van der Waals surface area (Å²) in [5.41, 5.74) is 1.76. The van der Waals surface area contributed by atoms with Crippen molar-refractivity contribution in [3.05, 3.63) is 36.4 Å². The van der Waals surface area contributed by atoms with E-state index in [1.807, 2.05) is 36.4 Å². The van der Waals surface area contributed by atoms with E-state index in [1.165, 1.54) is 0 Å². The number of ether oxygens (including phenoxy) is 1. The molecule has 0 unspecified atom stereocenters. The molecule has 2 heterocycles. The average Bonchev–Trinajstić information content (AvgIpc) is 2.63. The Morgan fingerprint density at radius 1 is 1.21 bits per heavy atom. The molecule has 0 saturated carbocycles. The lowest BCUT2D eigenvalue weighted by atomic mass is 10.1. The van der Waals surface area contributed by atoms with Gasteiger partial charge in [0, 0.05) is 37.3 Å². The standard InChI is InChI=1S/C18H20N4O2/c23-18(19-7-8-22-9-11-24-12-10-22)17-20-14-5-1-3-13-4-2-6-15(21-17)16(13)14/h1-6H,7-12H2,(H,19,23)(H,20,21). The van der Waals surface area contributed by atoms with Gasteiger partial charge in [0.1, 0.15) is 0 Å². The normalized spacial score (nSPS) is 17.2. The molecule has 2 aromatic carbocycles. The second kappa shape index (κ2) is 6.59. The molecule has 1 fully saturated rings. The zero-order valence-corrected chi connectivity index (χ0v) is 13.4. The molecule has 24 heavy (non-hydrogen) atoms. The molecule has 1 amide bonds. The molecule has 2 aromatic rings. The van der Waals surface area contributed by atoms with Crippen LogP contribution in [0.5, 0.6) is 0 Å². The minimum Gasteiger partial charge on any atom is -0.379 e. The van der Waals surface area contributed by atoms with Gasteiger partial charge in [0.25, 0.3) is 5.91 Å². The van der Waals surface area contributed by atoms with Gasteiger partial charge in [0.2, 0.25) is 0 Å². The number of amides is 1. The Bertz CT molecular complexity index is 791. The van der Waals surface area contributed by atoms with Crippen molar-refractivity contribution in [3.8, 4) is 0 Å². The minimum absolute atomic E-state index is 0.172. The molecule has 0 aliphatic carbocycles. The van der Waals surface area contributed by atoms with Crippen LogP contribution >= 0.6 is 0 Å². The Morgan fingerprint density at radius 3 is 2.83 bits per heavy atom. The van der Waals surface area contributed by atoms with E-state index in [1.54, 1.807) is 0 Å². The summed E-state index contributed by atoms with van der Waals surface area (Å²) in [5.74, 6) is 0.179. The summed E-state index contributed by atoms with van der Waals surface area (Å²) in [5, 5.41) is 8.28. The quantitative estimate of drug-likeness (QED) is 0.899. The van der Waals surface area contributed by atoms with Gasteiger partial charge in [-0.2, -0.15) is 0 Å². The van der Waals surface area contributed by atoms with Gasteiger partial charge < -0.3 is 15.4 Å². The molecule has 0 spiro atoms. The van der Waals surface area contributed by atoms with E-state index in [0.29, 0.717) is 12.4 Å². The fourth-order valence-corrected chi connectivity index (χ4v) is 3.14. The zero-order chi connectivity index (χ0) is 16.4. The second-order valence-electron chi connectivity index (χ2n) is 5.98. The van der Waals surface area contributed by atoms with E-state index in [-0.39, 0.29) is 5.91 Å². The predicted octanol–water partition coefficient (Wildman–Crippen LogP) is 1.74. The van der Waals surface area contributed by atoms with Crippen molar-refractivity contribution >= 4 is 33.9 Å². The van der Waals surface area contributed by atoms with E-state index in [9.17, 15) is 4.79 Å². The molecule has 0 radical (unpaired) electrons. The Hall–Kier alpha value is -2.44. The summed E-state index contributed by atoms with van der Waals surface area (Å²) in [6.07, 6.45) is 0. The van der Waals surface area contributed by atoms with Gasteiger partial charge in [0.05, 0.1) is 18.9 Å². The minimum atomic E-state index is -0.172. The summed E-state index contributed by atoms with van der Waals surface area (Å²) in [6, 6.07) is 12.0. The molecule has 0 aromatic heterocycles. The van der Waals surface area contributed by atoms with Gasteiger partial charge in [-0.1, -0.05) is 24.3 Å². The Balaban J connectivity index is 1.44. The maximum Gasteiger partial charge on any atom is 0.287 e. The third-order valence-corrected chi connectivity index (χ3v) is 4.40. The Labute approximate surface area is 140 Å². The lowest BCUT2D eigenvalue weighted by Gasteiger charge is -2.26. The van der Waals surface area contributed by atoms with E-state index >= 15 is 0 Å². The van der Waals surface area contributed by atoms with Crippen molar-refractivity contribution in [2.24, 2.45) is 4.99 Å². The molecule has 4 rings (SSSR count). The topological polar surface area (TPSA) is 66.0 Å². The van der Waals surface area contributed by atoms with Crippen LogP contribution in [-0.4, -0.2) is 56.0 Å². The molecule has 2 N–H and O–H groups in total. The Kier molecular flexibility index (Phi) is 4.15. The van der Waals surface area contributed by atoms with Crippen molar-refractivity contribution in [2.45, 2.75) is 0 Å². The molecular weight excluding hydrogens is 304 g/mol. The lowest BCUT2D eigenvalue weighted by Crippen LogP contribution is -2.43. The van der Waals surface area contributed by atoms with Gasteiger partial charge in [-0.15, -0.1) is 0 Å². The third-order valence-electron chi connectivity index (χ3n) is 4.40. The van der Waals surface area contributed by atoms with Crippen LogP contribution in [0.1, 0.15) is 0 Å². The third kappa shape index (κ3) is 2.98. The van der Waals surface area contributed by atoms with Crippen LogP contribution in [0.3, 0.4) is 0 Å². The second-order valence-corrected chi connectivity index (χ2v) is 5.98. The fourth-order valence-electron chi connectivity index (χ4n) is 3.14. The maximum absolute atomic E-state index is 12.4. The SMILES string of the molecule is O=C(NCCN1CCOCC1)C1=Nc2cccc3cccc(c23)N1. The fraction of sp³-hybridized carbons (Fsp3) is 0.333. The van der Waals surface area contributed by atoms with Gasteiger partial charge in [0.15, 0.2) is 5.84 Å². The number of carbonyl (C=O) groups is 1. The maximum atomic E-state index is 12.4. The summed E-state index contributed by atoms with van der Waals surface area (Å²) in [6.45, 7) is 4.81. The zero-order valence-electron chi connectivity index (χ0n) is 13.4. The number of nitrogens with zero attached hydrogens (tertiary/aromatic N) is 2. The van der Waals surface area contributed by atoms with Crippen LogP contribution in [0.4, 0.5) is 11.4 Å². The van der Waals surface area contributed by atoms with Crippen LogP contribution < -0.4 is 10.6 Å². The molecule has 2 aliphatic heterocycles. The number of nitrogens with one attached hydrogen (secondary N) is 2. The van der Waals surface area contributed by atoms with Gasteiger partial charge in [-0.05, 0) is 17.5 Å². The Morgan fingerprint density at radius 2 is 2.00 bits per heavy atom. The highest BCUT2D eigenvalue weighted by atomic mass is 16.5. The summed E-state index contributed by atoms with van der Waals surface area (Å²) in [4.78, 5) is 19.2. The molecule has 2 aliphatic rings. The van der Waals surface area contributed by atoms with Crippen LogP contribution in [0, 0.1) is 0 Å². The van der Waals surface area contributed by atoms with Gasteiger partial charge in [-0.25, -0.2) is 4.99 Å². The molecule has 1 saturated heterocycles. The number of carbonyl (C=O) groups excluding carboxylic acids is 1. The van der Waals surface area contributed by atoms with Crippen LogP contribution in [-0.2, 0) is 9.53 Å².